The fourth-order valence-electron chi connectivity index (χ4n) is 3.33. The van der Waals surface area contributed by atoms with Crippen LogP contribution >= 0.6 is 0 Å². The van der Waals surface area contributed by atoms with E-state index in [4.69, 9.17) is 0 Å². The van der Waals surface area contributed by atoms with E-state index in [1.807, 2.05) is 0 Å². The summed E-state index contributed by atoms with van der Waals surface area (Å²) in [5.41, 5.74) is 1.95. The Labute approximate surface area is 122 Å². The van der Waals surface area contributed by atoms with Gasteiger partial charge in [0.05, 0.1) is 5.41 Å². The van der Waals surface area contributed by atoms with Crippen LogP contribution in [0.2, 0.25) is 0 Å². The fourth-order valence-corrected chi connectivity index (χ4v) is 3.33. The topological polar surface area (TPSA) is 37.3 Å². The lowest BCUT2D eigenvalue weighted by molar-refractivity contribution is -0.150. The highest BCUT2D eigenvalue weighted by Crippen LogP contribution is 2.37. The van der Waals surface area contributed by atoms with Crippen molar-refractivity contribution in [3.8, 4) is 0 Å². The quantitative estimate of drug-likeness (QED) is 0.870. The van der Waals surface area contributed by atoms with E-state index in [1.165, 1.54) is 30.4 Å². The molecule has 1 fully saturated rings. The molecule has 0 saturated heterocycles. The highest BCUT2D eigenvalue weighted by Gasteiger charge is 2.38. The van der Waals surface area contributed by atoms with Crippen molar-refractivity contribution < 1.29 is 9.90 Å². The normalized spacial score (nSPS) is 19.1. The van der Waals surface area contributed by atoms with Crippen LogP contribution in [0.3, 0.4) is 0 Å². The second-order valence-electron chi connectivity index (χ2n) is 6.20. The number of carboxylic acid groups (broad SMARTS) is 1. The average molecular weight is 274 g/mol. The summed E-state index contributed by atoms with van der Waals surface area (Å²) in [5, 5.41) is 9.77. The molecule has 1 saturated carbocycles. The van der Waals surface area contributed by atoms with Crippen molar-refractivity contribution in [2.45, 2.75) is 64.7 Å². The number of hydrogen-bond donors (Lipinski definition) is 1. The number of rotatable bonds is 4. The second kappa shape index (κ2) is 6.92. The molecule has 2 heteroatoms. The molecule has 0 spiro atoms. The Morgan fingerprint density at radius 1 is 1.00 bits per heavy atom. The van der Waals surface area contributed by atoms with Crippen molar-refractivity contribution in [3.05, 3.63) is 35.4 Å². The molecule has 1 aromatic rings. The summed E-state index contributed by atoms with van der Waals surface area (Å²) in [6.07, 6.45) is 9.12. The van der Waals surface area contributed by atoms with E-state index in [0.717, 1.165) is 32.1 Å². The van der Waals surface area contributed by atoms with E-state index in [1.54, 1.807) is 0 Å². The lowest BCUT2D eigenvalue weighted by Gasteiger charge is -2.31. The summed E-state index contributed by atoms with van der Waals surface area (Å²) in [7, 11) is 0. The van der Waals surface area contributed by atoms with Gasteiger partial charge in [-0.2, -0.15) is 0 Å². The van der Waals surface area contributed by atoms with Crippen molar-refractivity contribution in [2.75, 3.05) is 0 Å². The van der Waals surface area contributed by atoms with Gasteiger partial charge in [0.25, 0.3) is 0 Å². The van der Waals surface area contributed by atoms with E-state index in [2.05, 4.69) is 31.2 Å². The van der Waals surface area contributed by atoms with E-state index in [9.17, 15) is 9.90 Å². The first kappa shape index (κ1) is 15.1. The SMILES string of the molecule is CCc1ccc(CC2(C(=O)O)CCCCCCC2)cc1. The van der Waals surface area contributed by atoms with E-state index < -0.39 is 11.4 Å². The zero-order valence-corrected chi connectivity index (χ0v) is 12.5. The molecule has 2 nitrogen and oxygen atoms in total. The highest BCUT2D eigenvalue weighted by molar-refractivity contribution is 5.75. The van der Waals surface area contributed by atoms with Crippen molar-refractivity contribution in [2.24, 2.45) is 5.41 Å². The van der Waals surface area contributed by atoms with Crippen molar-refractivity contribution in [1.82, 2.24) is 0 Å². The summed E-state index contributed by atoms with van der Waals surface area (Å²) in [5.74, 6) is -0.598. The van der Waals surface area contributed by atoms with E-state index >= 15 is 0 Å². The minimum absolute atomic E-state index is 0.534. The zero-order chi connectivity index (χ0) is 14.4. The lowest BCUT2D eigenvalue weighted by atomic mass is 9.72. The van der Waals surface area contributed by atoms with Gasteiger partial charge in [0.2, 0.25) is 0 Å². The number of hydrogen-bond acceptors (Lipinski definition) is 1. The largest absolute Gasteiger partial charge is 0.481 e. The van der Waals surface area contributed by atoms with E-state index in [-0.39, 0.29) is 0 Å². The monoisotopic (exact) mass is 274 g/mol. The van der Waals surface area contributed by atoms with Crippen molar-refractivity contribution in [1.29, 1.82) is 0 Å². The Balaban J connectivity index is 2.15. The molecular formula is C18H26O2. The molecule has 0 bridgehead atoms. The molecule has 1 N–H and O–H groups in total. The molecule has 0 amide bonds. The van der Waals surface area contributed by atoms with Crippen LogP contribution in [0.4, 0.5) is 0 Å². The van der Waals surface area contributed by atoms with Crippen LogP contribution in [-0.4, -0.2) is 11.1 Å². The van der Waals surface area contributed by atoms with Gasteiger partial charge in [-0.1, -0.05) is 63.3 Å². The Hall–Kier alpha value is -1.31. The third-order valence-electron chi connectivity index (χ3n) is 4.74. The Morgan fingerprint density at radius 3 is 2.00 bits per heavy atom. The molecule has 0 aliphatic heterocycles. The molecule has 20 heavy (non-hydrogen) atoms. The maximum atomic E-state index is 11.9. The third kappa shape index (κ3) is 3.62. The van der Waals surface area contributed by atoms with Gasteiger partial charge >= 0.3 is 5.97 Å². The molecule has 1 aromatic carbocycles. The molecule has 0 atom stereocenters. The van der Waals surface area contributed by atoms with Gasteiger partial charge in [0.1, 0.15) is 0 Å². The van der Waals surface area contributed by atoms with Gasteiger partial charge in [-0.3, -0.25) is 4.79 Å². The fraction of sp³-hybridized carbons (Fsp3) is 0.611. The van der Waals surface area contributed by atoms with Crippen LogP contribution in [0.15, 0.2) is 24.3 Å². The van der Waals surface area contributed by atoms with E-state index in [0.29, 0.717) is 6.42 Å². The van der Waals surface area contributed by atoms with Crippen molar-refractivity contribution in [3.63, 3.8) is 0 Å². The van der Waals surface area contributed by atoms with Crippen LogP contribution in [-0.2, 0) is 17.6 Å². The molecule has 110 valence electrons. The summed E-state index contributed by atoms with van der Waals surface area (Å²) in [6, 6.07) is 8.49. The van der Waals surface area contributed by atoms with Crippen LogP contribution in [0.5, 0.6) is 0 Å². The van der Waals surface area contributed by atoms with Crippen LogP contribution in [0.25, 0.3) is 0 Å². The summed E-state index contributed by atoms with van der Waals surface area (Å²) >= 11 is 0. The Morgan fingerprint density at radius 2 is 1.50 bits per heavy atom. The molecule has 1 aliphatic rings. The predicted molar refractivity (Wildman–Crippen MR) is 81.9 cm³/mol. The van der Waals surface area contributed by atoms with Gasteiger partial charge in [0, 0.05) is 0 Å². The summed E-state index contributed by atoms with van der Waals surface area (Å²) in [6.45, 7) is 2.14. The second-order valence-corrected chi connectivity index (χ2v) is 6.20. The Bertz CT molecular complexity index is 425. The van der Waals surface area contributed by atoms with Gasteiger partial charge in [-0.15, -0.1) is 0 Å². The molecule has 2 rings (SSSR count). The molecule has 0 unspecified atom stereocenters. The number of benzene rings is 1. The summed E-state index contributed by atoms with van der Waals surface area (Å²) in [4.78, 5) is 11.9. The number of carboxylic acids is 1. The summed E-state index contributed by atoms with van der Waals surface area (Å²) < 4.78 is 0. The van der Waals surface area contributed by atoms with Gasteiger partial charge < -0.3 is 5.11 Å². The molecule has 0 heterocycles. The first-order chi connectivity index (χ1) is 9.66. The minimum atomic E-state index is -0.598. The molecule has 0 radical (unpaired) electrons. The number of carbonyl (C=O) groups is 1. The molecule has 1 aliphatic carbocycles. The smallest absolute Gasteiger partial charge is 0.309 e. The third-order valence-corrected chi connectivity index (χ3v) is 4.74. The molecule has 0 aromatic heterocycles. The van der Waals surface area contributed by atoms with Crippen LogP contribution in [0.1, 0.15) is 63.0 Å². The van der Waals surface area contributed by atoms with Gasteiger partial charge in [-0.05, 0) is 36.8 Å². The number of aliphatic carboxylic acids is 1. The minimum Gasteiger partial charge on any atom is -0.481 e. The Kier molecular flexibility index (Phi) is 5.22. The lowest BCUT2D eigenvalue weighted by Crippen LogP contribution is -2.34. The van der Waals surface area contributed by atoms with Crippen LogP contribution < -0.4 is 0 Å². The highest BCUT2D eigenvalue weighted by atomic mass is 16.4. The average Bonchev–Trinajstić information content (AvgIpc) is 2.42. The number of aryl methyl sites for hydroxylation is 1. The standard InChI is InChI=1S/C18H26O2/c1-2-15-8-10-16(11-9-15)14-18(17(19)20)12-6-4-3-5-7-13-18/h8-11H,2-7,12-14H2,1H3,(H,19,20). The van der Waals surface area contributed by atoms with Gasteiger partial charge in [-0.25, -0.2) is 0 Å². The maximum absolute atomic E-state index is 11.9. The maximum Gasteiger partial charge on any atom is 0.309 e. The first-order valence-electron chi connectivity index (χ1n) is 7.97. The zero-order valence-electron chi connectivity index (χ0n) is 12.5. The first-order valence-corrected chi connectivity index (χ1v) is 7.97. The van der Waals surface area contributed by atoms with Gasteiger partial charge in [0.15, 0.2) is 0 Å². The molecular weight excluding hydrogens is 248 g/mol. The predicted octanol–water partition coefficient (Wildman–Crippen LogP) is 4.61. The van der Waals surface area contributed by atoms with Crippen molar-refractivity contribution >= 4 is 5.97 Å². The van der Waals surface area contributed by atoms with Crippen LogP contribution in [0, 0.1) is 5.41 Å².